The van der Waals surface area contributed by atoms with Crippen LogP contribution in [0.15, 0.2) is 18.2 Å². The number of aromatic nitrogens is 2. The number of rotatable bonds is 4. The lowest BCUT2D eigenvalue weighted by Crippen LogP contribution is -2.30. The second-order valence-corrected chi connectivity index (χ2v) is 7.61. The highest BCUT2D eigenvalue weighted by molar-refractivity contribution is 7.91. The number of halogens is 1. The third-order valence-electron chi connectivity index (χ3n) is 3.89. The summed E-state index contributed by atoms with van der Waals surface area (Å²) >= 11 is 0. The molecule has 1 aromatic carbocycles. The standard InChI is InChI=1S/C14H18FN3O2S/c1-2-18-13-4-3-10(15)7-12(13)17-14(18)8-16-11-5-6-21(19,20)9-11/h3-4,7,11,16H,2,5-6,8-9H2,1H3. The minimum Gasteiger partial charge on any atom is -0.327 e. The van der Waals surface area contributed by atoms with E-state index in [1.54, 1.807) is 6.07 Å². The Kier molecular flexibility index (Phi) is 3.71. The first-order valence-corrected chi connectivity index (χ1v) is 8.89. The van der Waals surface area contributed by atoms with Gasteiger partial charge in [0.15, 0.2) is 9.84 Å². The van der Waals surface area contributed by atoms with Crippen molar-refractivity contribution >= 4 is 20.9 Å². The van der Waals surface area contributed by atoms with Crippen LogP contribution in [0.25, 0.3) is 11.0 Å². The Hall–Kier alpha value is -1.47. The highest BCUT2D eigenvalue weighted by atomic mass is 32.2. The molecule has 1 atom stereocenters. The van der Waals surface area contributed by atoms with Crippen molar-refractivity contribution in [3.05, 3.63) is 29.8 Å². The molecule has 1 fully saturated rings. The highest BCUT2D eigenvalue weighted by Gasteiger charge is 2.27. The van der Waals surface area contributed by atoms with Crippen molar-refractivity contribution in [2.45, 2.75) is 32.5 Å². The molecule has 2 heterocycles. The molecule has 0 amide bonds. The predicted molar refractivity (Wildman–Crippen MR) is 79.3 cm³/mol. The van der Waals surface area contributed by atoms with E-state index in [2.05, 4.69) is 10.3 Å². The number of imidazole rings is 1. The summed E-state index contributed by atoms with van der Waals surface area (Å²) in [6.45, 7) is 3.24. The van der Waals surface area contributed by atoms with Gasteiger partial charge in [0.2, 0.25) is 0 Å². The van der Waals surface area contributed by atoms with Crippen molar-refractivity contribution in [3.63, 3.8) is 0 Å². The maximum atomic E-state index is 13.3. The molecule has 1 aliphatic rings. The van der Waals surface area contributed by atoms with Gasteiger partial charge in [-0.15, -0.1) is 0 Å². The quantitative estimate of drug-likeness (QED) is 0.929. The van der Waals surface area contributed by atoms with Gasteiger partial charge in [-0.3, -0.25) is 0 Å². The molecule has 1 aliphatic heterocycles. The Labute approximate surface area is 123 Å². The first-order chi connectivity index (χ1) is 9.98. The molecule has 21 heavy (non-hydrogen) atoms. The van der Waals surface area contributed by atoms with Crippen LogP contribution in [0.2, 0.25) is 0 Å². The average molecular weight is 311 g/mol. The molecule has 0 aliphatic carbocycles. The summed E-state index contributed by atoms with van der Waals surface area (Å²) in [6.07, 6.45) is 0.642. The van der Waals surface area contributed by atoms with Crippen LogP contribution in [-0.4, -0.2) is 35.5 Å². The number of hydrogen-bond acceptors (Lipinski definition) is 4. The molecule has 0 bridgehead atoms. The van der Waals surface area contributed by atoms with Crippen LogP contribution in [0.5, 0.6) is 0 Å². The molecule has 2 aromatic rings. The van der Waals surface area contributed by atoms with Crippen LogP contribution in [0.4, 0.5) is 4.39 Å². The topological polar surface area (TPSA) is 64.0 Å². The SMILES string of the molecule is CCn1c(CNC2CCS(=O)(=O)C2)nc2cc(F)ccc21. The molecular formula is C14H18FN3O2S. The van der Waals surface area contributed by atoms with Crippen molar-refractivity contribution in [3.8, 4) is 0 Å². The number of aryl methyl sites for hydroxylation is 1. The number of hydrogen-bond donors (Lipinski definition) is 1. The first kappa shape index (κ1) is 14.5. The number of nitrogens with one attached hydrogen (secondary N) is 1. The van der Waals surface area contributed by atoms with Gasteiger partial charge in [0.1, 0.15) is 11.6 Å². The van der Waals surface area contributed by atoms with E-state index in [4.69, 9.17) is 0 Å². The average Bonchev–Trinajstić information content (AvgIpc) is 2.95. The lowest BCUT2D eigenvalue weighted by atomic mass is 10.2. The van der Waals surface area contributed by atoms with E-state index in [9.17, 15) is 12.8 Å². The molecule has 1 saturated heterocycles. The van der Waals surface area contributed by atoms with Crippen LogP contribution in [0, 0.1) is 5.82 Å². The molecule has 114 valence electrons. The van der Waals surface area contributed by atoms with E-state index < -0.39 is 9.84 Å². The third kappa shape index (κ3) is 2.94. The van der Waals surface area contributed by atoms with Gasteiger partial charge < -0.3 is 9.88 Å². The van der Waals surface area contributed by atoms with Gasteiger partial charge in [0.25, 0.3) is 0 Å². The summed E-state index contributed by atoms with van der Waals surface area (Å²) in [5.74, 6) is 0.945. The fraction of sp³-hybridized carbons (Fsp3) is 0.500. The summed E-state index contributed by atoms with van der Waals surface area (Å²) in [5, 5.41) is 3.25. The number of fused-ring (bicyclic) bond motifs is 1. The molecule has 3 rings (SSSR count). The summed E-state index contributed by atoms with van der Waals surface area (Å²) in [7, 11) is -2.89. The molecule has 0 saturated carbocycles. The fourth-order valence-electron chi connectivity index (χ4n) is 2.83. The maximum Gasteiger partial charge on any atom is 0.151 e. The van der Waals surface area contributed by atoms with Gasteiger partial charge in [-0.05, 0) is 25.5 Å². The van der Waals surface area contributed by atoms with Gasteiger partial charge in [0.05, 0.1) is 29.1 Å². The van der Waals surface area contributed by atoms with Crippen LogP contribution >= 0.6 is 0 Å². The Bertz CT molecular complexity index is 770. The molecule has 1 aromatic heterocycles. The Morgan fingerprint density at radius 2 is 2.29 bits per heavy atom. The normalized spacial score (nSPS) is 21.1. The van der Waals surface area contributed by atoms with Crippen molar-refractivity contribution in [2.24, 2.45) is 0 Å². The van der Waals surface area contributed by atoms with Crippen molar-refractivity contribution in [1.82, 2.24) is 14.9 Å². The Morgan fingerprint density at radius 1 is 1.48 bits per heavy atom. The minimum atomic E-state index is -2.89. The molecule has 5 nitrogen and oxygen atoms in total. The van der Waals surface area contributed by atoms with Crippen LogP contribution in [0.3, 0.4) is 0 Å². The molecule has 7 heteroatoms. The number of sulfone groups is 1. The summed E-state index contributed by atoms with van der Waals surface area (Å²) < 4.78 is 38.2. The maximum absolute atomic E-state index is 13.3. The van der Waals surface area contributed by atoms with E-state index in [0.29, 0.717) is 18.5 Å². The van der Waals surface area contributed by atoms with Crippen LogP contribution < -0.4 is 5.32 Å². The van der Waals surface area contributed by atoms with E-state index in [1.165, 1.54) is 12.1 Å². The second-order valence-electron chi connectivity index (χ2n) is 5.39. The summed E-state index contributed by atoms with van der Waals surface area (Å²) in [4.78, 5) is 4.45. The van der Waals surface area contributed by atoms with Crippen molar-refractivity contribution in [1.29, 1.82) is 0 Å². The number of benzene rings is 1. The van der Waals surface area contributed by atoms with Gasteiger partial charge in [-0.1, -0.05) is 0 Å². The monoisotopic (exact) mass is 311 g/mol. The smallest absolute Gasteiger partial charge is 0.151 e. The Morgan fingerprint density at radius 3 is 2.95 bits per heavy atom. The van der Waals surface area contributed by atoms with E-state index >= 15 is 0 Å². The lowest BCUT2D eigenvalue weighted by Gasteiger charge is -2.11. The minimum absolute atomic E-state index is 0.0168. The molecule has 0 spiro atoms. The third-order valence-corrected chi connectivity index (χ3v) is 5.65. The molecule has 0 radical (unpaired) electrons. The largest absolute Gasteiger partial charge is 0.327 e. The zero-order valence-corrected chi connectivity index (χ0v) is 12.7. The van der Waals surface area contributed by atoms with E-state index in [1.807, 2.05) is 11.5 Å². The highest BCUT2D eigenvalue weighted by Crippen LogP contribution is 2.18. The van der Waals surface area contributed by atoms with Crippen LogP contribution in [-0.2, 0) is 22.9 Å². The number of nitrogens with zero attached hydrogens (tertiary/aromatic N) is 2. The molecule has 1 N–H and O–H groups in total. The lowest BCUT2D eigenvalue weighted by molar-refractivity contribution is 0.529. The van der Waals surface area contributed by atoms with E-state index in [-0.39, 0.29) is 23.4 Å². The second kappa shape index (κ2) is 5.38. The molecule has 1 unspecified atom stereocenters. The van der Waals surface area contributed by atoms with Gasteiger partial charge in [0, 0.05) is 18.7 Å². The Balaban J connectivity index is 1.80. The van der Waals surface area contributed by atoms with Gasteiger partial charge in [-0.25, -0.2) is 17.8 Å². The zero-order valence-electron chi connectivity index (χ0n) is 11.8. The predicted octanol–water partition coefficient (Wildman–Crippen LogP) is 1.47. The van der Waals surface area contributed by atoms with Crippen molar-refractivity contribution in [2.75, 3.05) is 11.5 Å². The molecular weight excluding hydrogens is 293 g/mol. The summed E-state index contributed by atoms with van der Waals surface area (Å²) in [5.41, 5.74) is 1.53. The first-order valence-electron chi connectivity index (χ1n) is 7.07. The van der Waals surface area contributed by atoms with Gasteiger partial charge in [-0.2, -0.15) is 0 Å². The fourth-order valence-corrected chi connectivity index (χ4v) is 4.54. The zero-order chi connectivity index (χ0) is 15.0. The van der Waals surface area contributed by atoms with Gasteiger partial charge >= 0.3 is 0 Å². The van der Waals surface area contributed by atoms with Crippen molar-refractivity contribution < 1.29 is 12.8 Å². The van der Waals surface area contributed by atoms with Crippen LogP contribution in [0.1, 0.15) is 19.2 Å². The summed E-state index contributed by atoms with van der Waals surface area (Å²) in [6, 6.07) is 4.56. The van der Waals surface area contributed by atoms with E-state index in [0.717, 1.165) is 17.9 Å².